The zero-order valence-corrected chi connectivity index (χ0v) is 24.0. The predicted molar refractivity (Wildman–Crippen MR) is 152 cm³/mol. The van der Waals surface area contributed by atoms with Gasteiger partial charge in [-0.2, -0.15) is 4.31 Å². The number of nitrogens with one attached hydrogen (secondary N) is 2. The number of sulfonamides is 1. The van der Waals surface area contributed by atoms with Crippen LogP contribution in [0.1, 0.15) is 43.2 Å². The Morgan fingerprint density at radius 1 is 1.21 bits per heavy atom. The fourth-order valence-electron chi connectivity index (χ4n) is 5.98. The number of amides is 1. The maximum Gasteiger partial charge on any atom is 0.241 e. The first-order valence-electron chi connectivity index (χ1n) is 13.4. The minimum Gasteiger partial charge on any atom is -0.381 e. The lowest BCUT2D eigenvalue weighted by Crippen LogP contribution is -2.58. The number of piperazine rings is 1. The Morgan fingerprint density at radius 3 is 2.56 bits per heavy atom. The van der Waals surface area contributed by atoms with Crippen LogP contribution in [-0.2, 0) is 26.0 Å². The zero-order chi connectivity index (χ0) is 28.2. The second-order valence-corrected chi connectivity index (χ2v) is 12.9. The fraction of sp³-hybridized carbons (Fsp3) is 0.536. The molecule has 0 aliphatic carbocycles. The van der Waals surface area contributed by atoms with E-state index in [4.69, 9.17) is 22.1 Å². The van der Waals surface area contributed by atoms with E-state index in [1.54, 1.807) is 24.3 Å². The van der Waals surface area contributed by atoms with E-state index in [1.165, 1.54) is 16.6 Å². The summed E-state index contributed by atoms with van der Waals surface area (Å²) in [5.74, 6) is -0.974. The van der Waals surface area contributed by atoms with Gasteiger partial charge >= 0.3 is 0 Å². The maximum absolute atomic E-state index is 15.1. The average Bonchev–Trinajstić information content (AvgIpc) is 2.89. The minimum absolute atomic E-state index is 0.149. The fourth-order valence-corrected chi connectivity index (χ4v) is 7.55. The van der Waals surface area contributed by atoms with Crippen molar-refractivity contribution in [2.75, 3.05) is 37.9 Å². The van der Waals surface area contributed by atoms with Crippen molar-refractivity contribution in [2.45, 2.75) is 56.7 Å². The second kappa shape index (κ2) is 13.1. The Kier molecular flexibility index (Phi) is 10.0. The molecule has 0 saturated carbocycles. The number of nitrogens with two attached hydrogens (primary N) is 1. The molecule has 11 heteroatoms. The van der Waals surface area contributed by atoms with Crippen LogP contribution < -0.4 is 16.4 Å². The molecule has 214 valence electrons. The summed E-state index contributed by atoms with van der Waals surface area (Å²) in [5, 5.41) is 6.74. The highest BCUT2D eigenvalue weighted by Crippen LogP contribution is 2.35. The topological polar surface area (TPSA) is 114 Å². The molecule has 4 atom stereocenters. The van der Waals surface area contributed by atoms with Crippen LogP contribution in [0.2, 0.25) is 5.02 Å². The van der Waals surface area contributed by atoms with E-state index in [0.29, 0.717) is 49.0 Å². The van der Waals surface area contributed by atoms with Gasteiger partial charge in [0.15, 0.2) is 0 Å². The Balaban J connectivity index is 1.53. The molecule has 2 saturated heterocycles. The highest BCUT2D eigenvalue weighted by molar-refractivity contribution is 7.88. The Labute approximate surface area is 235 Å². The predicted octanol–water partition coefficient (Wildman–Crippen LogP) is 3.51. The van der Waals surface area contributed by atoms with Crippen LogP contribution >= 0.6 is 11.6 Å². The minimum atomic E-state index is -3.43. The number of hydrogen-bond acceptors (Lipinski definition) is 6. The molecule has 0 unspecified atom stereocenters. The van der Waals surface area contributed by atoms with Crippen molar-refractivity contribution in [3.63, 3.8) is 0 Å². The Bertz CT molecular complexity index is 1240. The van der Waals surface area contributed by atoms with E-state index in [9.17, 15) is 13.2 Å². The third-order valence-corrected chi connectivity index (χ3v) is 9.50. The molecule has 2 aliphatic heterocycles. The van der Waals surface area contributed by atoms with E-state index in [-0.39, 0.29) is 30.3 Å². The van der Waals surface area contributed by atoms with Crippen LogP contribution in [0.15, 0.2) is 42.5 Å². The van der Waals surface area contributed by atoms with Crippen molar-refractivity contribution in [1.29, 1.82) is 0 Å². The summed E-state index contributed by atoms with van der Waals surface area (Å²) in [4.78, 5) is 13.5. The van der Waals surface area contributed by atoms with E-state index in [0.717, 1.165) is 18.4 Å². The lowest BCUT2D eigenvalue weighted by molar-refractivity contribution is -0.118. The molecule has 8 nitrogen and oxygen atoms in total. The highest BCUT2D eigenvalue weighted by Gasteiger charge is 2.36. The molecule has 1 amide bonds. The summed E-state index contributed by atoms with van der Waals surface area (Å²) in [7, 11) is -3.43. The van der Waals surface area contributed by atoms with Gasteiger partial charge in [-0.25, -0.2) is 12.8 Å². The first kappa shape index (κ1) is 29.9. The lowest BCUT2D eigenvalue weighted by atomic mass is 9.76. The molecule has 0 aromatic heterocycles. The molecule has 2 heterocycles. The standard InChI is InChI=1S/C28H38ClFN4O4S/c1-18-16-32-17-22(34(18)39(2,36)37)10-11-23-24(30)4-3-5-25(23)33-28(35)27(31)26(20-12-14-38-15-13-20)19-6-8-21(29)9-7-19/h3-9,18,20,22,26-27,32H,10-17,31H2,1-2H3,(H,33,35)/t18-,22-,26-,27-/m0/s1. The summed E-state index contributed by atoms with van der Waals surface area (Å²) >= 11 is 6.11. The molecule has 4 rings (SSSR count). The molecule has 2 aliphatic rings. The molecule has 4 N–H and O–H groups in total. The number of anilines is 1. The summed E-state index contributed by atoms with van der Waals surface area (Å²) in [5.41, 5.74) is 8.21. The van der Waals surface area contributed by atoms with Crippen molar-refractivity contribution in [1.82, 2.24) is 9.62 Å². The van der Waals surface area contributed by atoms with E-state index >= 15 is 4.39 Å². The van der Waals surface area contributed by atoms with Crippen molar-refractivity contribution >= 4 is 33.2 Å². The number of halogens is 2. The van der Waals surface area contributed by atoms with E-state index in [1.807, 2.05) is 19.1 Å². The number of ether oxygens (including phenoxy) is 1. The summed E-state index contributed by atoms with van der Waals surface area (Å²) in [6, 6.07) is 10.5. The van der Waals surface area contributed by atoms with Gasteiger partial charge in [0, 0.05) is 60.6 Å². The monoisotopic (exact) mass is 580 g/mol. The van der Waals surface area contributed by atoms with Gasteiger partial charge in [0.1, 0.15) is 5.82 Å². The number of benzene rings is 2. The van der Waals surface area contributed by atoms with Crippen molar-refractivity contribution in [2.24, 2.45) is 11.7 Å². The van der Waals surface area contributed by atoms with Crippen LogP contribution in [0.4, 0.5) is 10.1 Å². The van der Waals surface area contributed by atoms with Crippen molar-refractivity contribution in [3.8, 4) is 0 Å². The third-order valence-electron chi connectivity index (χ3n) is 7.82. The highest BCUT2D eigenvalue weighted by atomic mass is 35.5. The van der Waals surface area contributed by atoms with Crippen LogP contribution in [0.3, 0.4) is 0 Å². The molecule has 0 spiro atoms. The molecular formula is C28H38ClFN4O4S. The molecule has 2 aromatic rings. The maximum atomic E-state index is 15.1. The van der Waals surface area contributed by atoms with Gasteiger partial charge in [0.2, 0.25) is 15.9 Å². The van der Waals surface area contributed by atoms with Crippen LogP contribution in [0, 0.1) is 11.7 Å². The average molecular weight is 581 g/mol. The Morgan fingerprint density at radius 2 is 1.90 bits per heavy atom. The van der Waals surface area contributed by atoms with Gasteiger partial charge < -0.3 is 21.1 Å². The van der Waals surface area contributed by atoms with E-state index in [2.05, 4.69) is 10.6 Å². The third kappa shape index (κ3) is 7.36. The number of rotatable bonds is 9. The quantitative estimate of drug-likeness (QED) is 0.418. The lowest BCUT2D eigenvalue weighted by Gasteiger charge is -2.39. The van der Waals surface area contributed by atoms with Crippen LogP contribution in [-0.4, -0.2) is 69.3 Å². The van der Waals surface area contributed by atoms with Crippen LogP contribution in [0.5, 0.6) is 0 Å². The number of hydrogen-bond donors (Lipinski definition) is 3. The largest absolute Gasteiger partial charge is 0.381 e. The first-order chi connectivity index (χ1) is 18.6. The van der Waals surface area contributed by atoms with Gasteiger partial charge in [-0.05, 0) is 68.4 Å². The number of carbonyl (C=O) groups is 1. The SMILES string of the molecule is C[C@H]1CNC[C@H](CCc2c(F)cccc2NC(=O)[C@@H](N)[C@@H](c2ccc(Cl)cc2)C2CCOCC2)N1S(C)(=O)=O. The van der Waals surface area contributed by atoms with Gasteiger partial charge in [-0.1, -0.05) is 29.8 Å². The molecule has 0 bridgehead atoms. The van der Waals surface area contributed by atoms with Crippen molar-refractivity contribution in [3.05, 3.63) is 64.4 Å². The molecule has 2 aromatic carbocycles. The molecular weight excluding hydrogens is 543 g/mol. The van der Waals surface area contributed by atoms with Gasteiger partial charge in [-0.15, -0.1) is 0 Å². The van der Waals surface area contributed by atoms with Crippen molar-refractivity contribution < 1.29 is 22.3 Å². The molecule has 0 radical (unpaired) electrons. The summed E-state index contributed by atoms with van der Waals surface area (Å²) in [6.07, 6.45) is 3.42. The second-order valence-electron chi connectivity index (χ2n) is 10.6. The summed E-state index contributed by atoms with van der Waals surface area (Å²) in [6.45, 7) is 4.11. The van der Waals surface area contributed by atoms with Gasteiger partial charge in [0.25, 0.3) is 0 Å². The van der Waals surface area contributed by atoms with Gasteiger partial charge in [-0.3, -0.25) is 4.79 Å². The molecule has 39 heavy (non-hydrogen) atoms. The molecule has 2 fully saturated rings. The smallest absolute Gasteiger partial charge is 0.241 e. The van der Waals surface area contributed by atoms with Gasteiger partial charge in [0.05, 0.1) is 12.3 Å². The summed E-state index contributed by atoms with van der Waals surface area (Å²) < 4.78 is 47.0. The number of carbonyl (C=O) groups excluding carboxylic acids is 1. The van der Waals surface area contributed by atoms with E-state index < -0.39 is 27.8 Å². The Hall–Kier alpha value is -2.08. The van der Waals surface area contributed by atoms with Crippen LogP contribution in [0.25, 0.3) is 0 Å². The normalized spacial score (nSPS) is 22.8. The zero-order valence-electron chi connectivity index (χ0n) is 22.4. The number of nitrogens with zero attached hydrogens (tertiary/aromatic N) is 1. The first-order valence-corrected chi connectivity index (χ1v) is 15.6.